The molecule has 1 fully saturated rings. The summed E-state index contributed by atoms with van der Waals surface area (Å²) in [6.07, 6.45) is 2.29. The molecule has 0 unspecified atom stereocenters. The smallest absolute Gasteiger partial charge is 0.246 e. The number of carbonyl (C=O) groups excluding carboxylic acids is 1. The Morgan fingerprint density at radius 3 is 2.57 bits per heavy atom. The quantitative estimate of drug-likeness (QED) is 0.600. The lowest BCUT2D eigenvalue weighted by Gasteiger charge is -2.32. The number of hydrogen-bond donors (Lipinski definition) is 0. The van der Waals surface area contributed by atoms with Gasteiger partial charge < -0.3 is 9.64 Å². The molecule has 1 saturated heterocycles. The zero-order valence-corrected chi connectivity index (χ0v) is 18.1. The van der Waals surface area contributed by atoms with E-state index in [1.165, 1.54) is 46.9 Å². The molecule has 1 amide bonds. The Balaban J connectivity index is 1.49. The number of benzene rings is 1. The second-order valence-electron chi connectivity index (χ2n) is 7.03. The first kappa shape index (κ1) is 22.5. The molecule has 30 heavy (non-hydrogen) atoms. The third-order valence-corrected chi connectivity index (χ3v) is 7.37. The largest absolute Gasteiger partial charge is 0.492 e. The van der Waals surface area contributed by atoms with Gasteiger partial charge in [0.25, 0.3) is 0 Å². The molecule has 10 heteroatoms. The molecular weight excluding hydrogens is 433 g/mol. The van der Waals surface area contributed by atoms with Crippen molar-refractivity contribution in [2.45, 2.75) is 17.7 Å². The summed E-state index contributed by atoms with van der Waals surface area (Å²) >= 11 is 5.94. The van der Waals surface area contributed by atoms with E-state index in [2.05, 4.69) is 4.98 Å². The monoisotopic (exact) mass is 455 g/mol. The van der Waals surface area contributed by atoms with Crippen molar-refractivity contribution >= 4 is 27.5 Å². The van der Waals surface area contributed by atoms with Gasteiger partial charge in [0.1, 0.15) is 28.2 Å². The van der Waals surface area contributed by atoms with Crippen molar-refractivity contribution in [1.82, 2.24) is 14.2 Å². The number of likely N-dealkylation sites (N-methyl/N-ethyl adjacent to an activating group) is 1. The van der Waals surface area contributed by atoms with Crippen LogP contribution < -0.4 is 4.74 Å². The molecule has 0 aliphatic carbocycles. The zero-order valence-electron chi connectivity index (χ0n) is 16.5. The van der Waals surface area contributed by atoms with Gasteiger partial charge in [-0.2, -0.15) is 4.31 Å². The number of ether oxygens (including phenoxy) is 1. The summed E-state index contributed by atoms with van der Waals surface area (Å²) in [5.41, 5.74) is 0. The van der Waals surface area contributed by atoms with E-state index >= 15 is 0 Å². The van der Waals surface area contributed by atoms with E-state index in [4.69, 9.17) is 16.3 Å². The number of amides is 1. The number of hydrogen-bond acceptors (Lipinski definition) is 5. The SMILES string of the molecule is CN(CCOc1ccc(F)cc1)C(=O)C1CCN(S(=O)(=O)c2cccnc2Cl)CC1. The van der Waals surface area contributed by atoms with Gasteiger partial charge in [-0.1, -0.05) is 11.6 Å². The van der Waals surface area contributed by atoms with Crippen LogP contribution in [0, 0.1) is 11.7 Å². The van der Waals surface area contributed by atoms with E-state index in [0.29, 0.717) is 25.1 Å². The van der Waals surface area contributed by atoms with E-state index in [1.54, 1.807) is 11.9 Å². The average molecular weight is 456 g/mol. The van der Waals surface area contributed by atoms with Crippen molar-refractivity contribution in [1.29, 1.82) is 0 Å². The van der Waals surface area contributed by atoms with Gasteiger partial charge in [0.2, 0.25) is 15.9 Å². The first-order chi connectivity index (χ1) is 14.3. The van der Waals surface area contributed by atoms with Gasteiger partial charge in [-0.05, 0) is 49.2 Å². The van der Waals surface area contributed by atoms with Gasteiger partial charge in [-0.25, -0.2) is 17.8 Å². The Bertz CT molecular complexity index is 980. The molecule has 1 aliphatic rings. The Hall–Kier alpha value is -2.23. The highest BCUT2D eigenvalue weighted by Gasteiger charge is 2.34. The number of aromatic nitrogens is 1. The molecule has 7 nitrogen and oxygen atoms in total. The number of nitrogens with zero attached hydrogens (tertiary/aromatic N) is 3. The van der Waals surface area contributed by atoms with Crippen molar-refractivity contribution in [3.8, 4) is 5.75 Å². The molecule has 2 aromatic rings. The first-order valence-electron chi connectivity index (χ1n) is 9.53. The van der Waals surface area contributed by atoms with Crippen LogP contribution in [0.3, 0.4) is 0 Å². The fourth-order valence-electron chi connectivity index (χ4n) is 3.30. The minimum atomic E-state index is -3.74. The molecular formula is C20H23ClFN3O4S. The molecule has 0 atom stereocenters. The third kappa shape index (κ3) is 5.27. The lowest BCUT2D eigenvalue weighted by Crippen LogP contribution is -2.44. The predicted octanol–water partition coefficient (Wildman–Crippen LogP) is 2.81. The highest BCUT2D eigenvalue weighted by Crippen LogP contribution is 2.27. The standard InChI is InChI=1S/C20H23ClFN3O4S/c1-24(13-14-29-17-6-4-16(22)5-7-17)20(26)15-8-11-25(12-9-15)30(27,28)18-3-2-10-23-19(18)21/h2-7,10,15H,8-9,11-14H2,1H3. The van der Waals surface area contributed by atoms with Crippen LogP contribution in [0.5, 0.6) is 5.75 Å². The zero-order chi connectivity index (χ0) is 21.7. The van der Waals surface area contributed by atoms with E-state index in [9.17, 15) is 17.6 Å². The lowest BCUT2D eigenvalue weighted by molar-refractivity contribution is -0.135. The second kappa shape index (κ2) is 9.72. The van der Waals surface area contributed by atoms with Crippen LogP contribution >= 0.6 is 11.6 Å². The molecule has 1 aromatic heterocycles. The molecule has 0 spiro atoms. The maximum Gasteiger partial charge on any atom is 0.246 e. The molecule has 0 N–H and O–H groups in total. The first-order valence-corrected chi connectivity index (χ1v) is 11.3. The van der Waals surface area contributed by atoms with Gasteiger partial charge in [-0.15, -0.1) is 0 Å². The van der Waals surface area contributed by atoms with Crippen LogP contribution in [0.1, 0.15) is 12.8 Å². The van der Waals surface area contributed by atoms with E-state index in [0.717, 1.165) is 0 Å². The second-order valence-corrected chi connectivity index (χ2v) is 9.30. The summed E-state index contributed by atoms with van der Waals surface area (Å²) in [6.45, 7) is 1.13. The molecule has 0 saturated carbocycles. The van der Waals surface area contributed by atoms with E-state index in [1.807, 2.05) is 0 Å². The fraction of sp³-hybridized carbons (Fsp3) is 0.400. The van der Waals surface area contributed by atoms with Crippen LogP contribution in [0.4, 0.5) is 4.39 Å². The summed E-state index contributed by atoms with van der Waals surface area (Å²) in [4.78, 5) is 18.1. The van der Waals surface area contributed by atoms with Crippen molar-refractivity contribution in [2.24, 2.45) is 5.92 Å². The molecule has 2 heterocycles. The highest BCUT2D eigenvalue weighted by molar-refractivity contribution is 7.89. The Morgan fingerprint density at radius 2 is 1.93 bits per heavy atom. The minimum Gasteiger partial charge on any atom is -0.492 e. The molecule has 0 bridgehead atoms. The number of sulfonamides is 1. The lowest BCUT2D eigenvalue weighted by atomic mass is 9.97. The van der Waals surface area contributed by atoms with Crippen molar-refractivity contribution in [3.05, 3.63) is 53.6 Å². The van der Waals surface area contributed by atoms with Gasteiger partial charge in [0.05, 0.1) is 6.54 Å². The van der Waals surface area contributed by atoms with Crippen LogP contribution in [0.25, 0.3) is 0 Å². The third-order valence-electron chi connectivity index (χ3n) is 5.03. The topological polar surface area (TPSA) is 79.8 Å². The van der Waals surface area contributed by atoms with E-state index < -0.39 is 10.0 Å². The fourth-order valence-corrected chi connectivity index (χ4v) is 5.20. The molecule has 162 valence electrons. The van der Waals surface area contributed by atoms with Gasteiger partial charge >= 0.3 is 0 Å². The maximum atomic E-state index is 12.9. The van der Waals surface area contributed by atoms with Gasteiger partial charge in [0.15, 0.2) is 0 Å². The molecule has 1 aromatic carbocycles. The van der Waals surface area contributed by atoms with Crippen LogP contribution in [0.2, 0.25) is 5.15 Å². The van der Waals surface area contributed by atoms with Crippen molar-refractivity contribution < 1.29 is 22.3 Å². The Morgan fingerprint density at radius 1 is 1.27 bits per heavy atom. The highest BCUT2D eigenvalue weighted by atomic mass is 35.5. The molecule has 3 rings (SSSR count). The summed E-state index contributed by atoms with van der Waals surface area (Å²) < 4.78 is 45.3. The predicted molar refractivity (Wildman–Crippen MR) is 110 cm³/mol. The minimum absolute atomic E-state index is 0.0218. The average Bonchev–Trinajstić information content (AvgIpc) is 2.75. The number of pyridine rings is 1. The summed E-state index contributed by atoms with van der Waals surface area (Å²) in [6, 6.07) is 8.63. The number of piperidine rings is 1. The van der Waals surface area contributed by atoms with Crippen molar-refractivity contribution in [3.63, 3.8) is 0 Å². The number of carbonyl (C=O) groups is 1. The maximum absolute atomic E-state index is 12.9. The Kier molecular flexibility index (Phi) is 7.27. The van der Waals surface area contributed by atoms with Crippen LogP contribution in [-0.4, -0.2) is 61.8 Å². The number of halogens is 2. The summed E-state index contributed by atoms with van der Waals surface area (Å²) in [5.74, 6) is -0.107. The Labute approximate surface area is 180 Å². The van der Waals surface area contributed by atoms with E-state index in [-0.39, 0.29) is 47.4 Å². The molecule has 0 radical (unpaired) electrons. The van der Waals surface area contributed by atoms with Crippen LogP contribution in [0.15, 0.2) is 47.5 Å². The van der Waals surface area contributed by atoms with Crippen molar-refractivity contribution in [2.75, 3.05) is 33.3 Å². The number of rotatable bonds is 7. The summed E-state index contributed by atoms with van der Waals surface area (Å²) in [5, 5.41) is -0.0587. The normalized spacial score (nSPS) is 15.7. The summed E-state index contributed by atoms with van der Waals surface area (Å²) in [7, 11) is -2.05. The van der Waals surface area contributed by atoms with Gasteiger partial charge in [0, 0.05) is 32.3 Å². The molecule has 1 aliphatic heterocycles. The van der Waals surface area contributed by atoms with Crippen LogP contribution in [-0.2, 0) is 14.8 Å². The van der Waals surface area contributed by atoms with Gasteiger partial charge in [-0.3, -0.25) is 4.79 Å².